The van der Waals surface area contributed by atoms with Gasteiger partial charge in [0.15, 0.2) is 0 Å². The van der Waals surface area contributed by atoms with E-state index in [2.05, 4.69) is 29.2 Å². The van der Waals surface area contributed by atoms with Crippen LogP contribution in [0, 0.1) is 0 Å². The molecule has 1 unspecified atom stereocenters. The Hall–Kier alpha value is -0.900. The van der Waals surface area contributed by atoms with Crippen LogP contribution in [0.3, 0.4) is 0 Å². The first kappa shape index (κ1) is 10.6. The zero-order valence-corrected chi connectivity index (χ0v) is 9.02. The summed E-state index contributed by atoms with van der Waals surface area (Å²) in [6.07, 6.45) is -0.385. The molecule has 0 saturated carbocycles. The maximum atomic E-state index is 9.62. The topological polar surface area (TPSA) is 32.7 Å². The van der Waals surface area contributed by atoms with E-state index in [4.69, 9.17) is 4.74 Å². The van der Waals surface area contributed by atoms with Crippen LogP contribution in [-0.4, -0.2) is 36.4 Å². The van der Waals surface area contributed by atoms with Crippen LogP contribution in [0.2, 0.25) is 0 Å². The monoisotopic (exact) mass is 207 g/mol. The molecule has 1 N–H and O–H groups in total. The molecule has 0 fully saturated rings. The summed E-state index contributed by atoms with van der Waals surface area (Å²) in [5.41, 5.74) is 2.75. The fraction of sp³-hybridized carbons (Fsp3) is 0.500. The van der Waals surface area contributed by atoms with E-state index in [0.717, 1.165) is 13.1 Å². The maximum absolute atomic E-state index is 9.62. The predicted octanol–water partition coefficient (Wildman–Crippen LogP) is 1.01. The Morgan fingerprint density at radius 3 is 2.47 bits per heavy atom. The number of rotatable bonds is 4. The van der Waals surface area contributed by atoms with Crippen molar-refractivity contribution in [1.29, 1.82) is 0 Å². The minimum atomic E-state index is -0.385. The van der Waals surface area contributed by atoms with Crippen molar-refractivity contribution in [3.05, 3.63) is 35.4 Å². The van der Waals surface area contributed by atoms with Gasteiger partial charge in [0.1, 0.15) is 0 Å². The third-order valence-corrected chi connectivity index (χ3v) is 2.73. The summed E-state index contributed by atoms with van der Waals surface area (Å²) >= 11 is 0. The molecule has 0 aromatic heterocycles. The molecule has 1 atom stereocenters. The van der Waals surface area contributed by atoms with Gasteiger partial charge in [-0.05, 0) is 11.1 Å². The van der Waals surface area contributed by atoms with Gasteiger partial charge in [0.2, 0.25) is 0 Å². The number of ether oxygens (including phenoxy) is 1. The van der Waals surface area contributed by atoms with Gasteiger partial charge in [-0.2, -0.15) is 0 Å². The van der Waals surface area contributed by atoms with E-state index in [1.165, 1.54) is 11.1 Å². The average molecular weight is 207 g/mol. The Labute approximate surface area is 90.3 Å². The van der Waals surface area contributed by atoms with Gasteiger partial charge >= 0.3 is 0 Å². The molecule has 0 aliphatic carbocycles. The lowest BCUT2D eigenvalue weighted by Gasteiger charge is -2.18. The second-order valence-electron chi connectivity index (χ2n) is 4.05. The van der Waals surface area contributed by atoms with E-state index in [0.29, 0.717) is 13.2 Å². The molecule has 0 radical (unpaired) electrons. The Balaban J connectivity index is 1.90. The molecule has 1 aromatic rings. The van der Waals surface area contributed by atoms with Crippen LogP contribution in [-0.2, 0) is 17.8 Å². The van der Waals surface area contributed by atoms with E-state index in [-0.39, 0.29) is 6.10 Å². The van der Waals surface area contributed by atoms with Gasteiger partial charge in [0, 0.05) is 26.7 Å². The molecule has 1 aliphatic rings. The summed E-state index contributed by atoms with van der Waals surface area (Å²) in [6.45, 7) is 2.98. The number of aliphatic hydroxyl groups excluding tert-OH is 1. The minimum absolute atomic E-state index is 0.385. The Kier molecular flexibility index (Phi) is 3.36. The number of β-amino-alcohol motifs (C(OH)–C–C–N with tert-alkyl or cyclic N) is 1. The third kappa shape index (κ3) is 2.56. The lowest BCUT2D eigenvalue weighted by atomic mass is 10.1. The number of fused-ring (bicyclic) bond motifs is 1. The molecule has 0 bridgehead atoms. The van der Waals surface area contributed by atoms with Crippen LogP contribution >= 0.6 is 0 Å². The Bertz CT molecular complexity index is 302. The van der Waals surface area contributed by atoms with Crippen molar-refractivity contribution < 1.29 is 9.84 Å². The van der Waals surface area contributed by atoms with Crippen LogP contribution in [0.1, 0.15) is 11.1 Å². The van der Waals surface area contributed by atoms with Gasteiger partial charge in [-0.3, -0.25) is 4.90 Å². The molecule has 3 nitrogen and oxygen atoms in total. The first-order valence-electron chi connectivity index (χ1n) is 5.25. The van der Waals surface area contributed by atoms with Crippen molar-refractivity contribution in [2.24, 2.45) is 0 Å². The van der Waals surface area contributed by atoms with Crippen molar-refractivity contribution in [1.82, 2.24) is 4.90 Å². The minimum Gasteiger partial charge on any atom is -0.389 e. The molecule has 82 valence electrons. The summed E-state index contributed by atoms with van der Waals surface area (Å²) in [7, 11) is 1.61. The van der Waals surface area contributed by atoms with E-state index in [9.17, 15) is 5.11 Å². The lowest BCUT2D eigenvalue weighted by molar-refractivity contribution is 0.0369. The maximum Gasteiger partial charge on any atom is 0.0900 e. The summed E-state index contributed by atoms with van der Waals surface area (Å²) in [5, 5.41) is 9.62. The van der Waals surface area contributed by atoms with Gasteiger partial charge in [0.25, 0.3) is 0 Å². The van der Waals surface area contributed by atoms with Crippen LogP contribution in [0.4, 0.5) is 0 Å². The number of methoxy groups -OCH3 is 1. The van der Waals surface area contributed by atoms with E-state index < -0.39 is 0 Å². The molecule has 0 spiro atoms. The van der Waals surface area contributed by atoms with Crippen molar-refractivity contribution in [2.45, 2.75) is 19.2 Å². The number of nitrogens with zero attached hydrogens (tertiary/aromatic N) is 1. The first-order valence-corrected chi connectivity index (χ1v) is 5.25. The van der Waals surface area contributed by atoms with Gasteiger partial charge in [-0.1, -0.05) is 24.3 Å². The number of benzene rings is 1. The fourth-order valence-corrected chi connectivity index (χ4v) is 2.08. The molecule has 0 amide bonds. The van der Waals surface area contributed by atoms with Crippen molar-refractivity contribution in [2.75, 3.05) is 20.3 Å². The average Bonchev–Trinajstić information content (AvgIpc) is 2.59. The highest BCUT2D eigenvalue weighted by molar-refractivity contribution is 5.30. The van der Waals surface area contributed by atoms with Crippen LogP contribution in [0.5, 0.6) is 0 Å². The number of hydrogen-bond donors (Lipinski definition) is 1. The van der Waals surface area contributed by atoms with Gasteiger partial charge in [-0.25, -0.2) is 0 Å². The Morgan fingerprint density at radius 2 is 1.93 bits per heavy atom. The van der Waals surface area contributed by atoms with Crippen molar-refractivity contribution in [3.63, 3.8) is 0 Å². The quantitative estimate of drug-likeness (QED) is 0.799. The van der Waals surface area contributed by atoms with E-state index >= 15 is 0 Å². The predicted molar refractivity (Wildman–Crippen MR) is 58.4 cm³/mol. The molecular weight excluding hydrogens is 190 g/mol. The number of aliphatic hydroxyl groups is 1. The molecular formula is C12H17NO2. The fourth-order valence-electron chi connectivity index (χ4n) is 2.08. The standard InChI is InChI=1S/C12H17NO2/c1-15-9-12(14)8-13-6-10-4-2-3-5-11(10)7-13/h2-5,12,14H,6-9H2,1H3. The lowest BCUT2D eigenvalue weighted by Crippen LogP contribution is -2.31. The second kappa shape index (κ2) is 4.75. The highest BCUT2D eigenvalue weighted by atomic mass is 16.5. The van der Waals surface area contributed by atoms with E-state index in [1.54, 1.807) is 7.11 Å². The van der Waals surface area contributed by atoms with E-state index in [1.807, 2.05) is 0 Å². The molecule has 0 saturated heterocycles. The smallest absolute Gasteiger partial charge is 0.0900 e. The second-order valence-corrected chi connectivity index (χ2v) is 4.05. The zero-order valence-electron chi connectivity index (χ0n) is 9.02. The third-order valence-electron chi connectivity index (χ3n) is 2.73. The van der Waals surface area contributed by atoms with Gasteiger partial charge in [-0.15, -0.1) is 0 Å². The van der Waals surface area contributed by atoms with Crippen molar-refractivity contribution >= 4 is 0 Å². The first-order chi connectivity index (χ1) is 7.29. The molecule has 1 aromatic carbocycles. The highest BCUT2D eigenvalue weighted by Gasteiger charge is 2.20. The Morgan fingerprint density at radius 1 is 1.33 bits per heavy atom. The molecule has 1 heterocycles. The van der Waals surface area contributed by atoms with Gasteiger partial charge in [0.05, 0.1) is 12.7 Å². The highest BCUT2D eigenvalue weighted by Crippen LogP contribution is 2.21. The van der Waals surface area contributed by atoms with Crippen LogP contribution < -0.4 is 0 Å². The van der Waals surface area contributed by atoms with Crippen molar-refractivity contribution in [3.8, 4) is 0 Å². The molecule has 2 rings (SSSR count). The van der Waals surface area contributed by atoms with Crippen LogP contribution in [0.25, 0.3) is 0 Å². The molecule has 3 heteroatoms. The largest absolute Gasteiger partial charge is 0.389 e. The number of hydrogen-bond acceptors (Lipinski definition) is 3. The zero-order chi connectivity index (χ0) is 10.7. The summed E-state index contributed by atoms with van der Waals surface area (Å²) < 4.78 is 4.91. The molecule has 1 aliphatic heterocycles. The normalized spacial score (nSPS) is 17.7. The summed E-state index contributed by atoms with van der Waals surface area (Å²) in [5.74, 6) is 0. The summed E-state index contributed by atoms with van der Waals surface area (Å²) in [4.78, 5) is 2.24. The molecule has 15 heavy (non-hydrogen) atoms. The van der Waals surface area contributed by atoms with Gasteiger partial charge < -0.3 is 9.84 Å². The SMILES string of the molecule is COCC(O)CN1Cc2ccccc2C1. The van der Waals surface area contributed by atoms with Crippen LogP contribution in [0.15, 0.2) is 24.3 Å². The summed E-state index contributed by atoms with van der Waals surface area (Å²) in [6, 6.07) is 8.43.